The van der Waals surface area contributed by atoms with Crippen molar-refractivity contribution >= 4 is 58.4 Å². The monoisotopic (exact) mass is 941 g/mol. The normalized spacial score (nSPS) is 20.6. The Kier molecular flexibility index (Phi) is 14.0. The van der Waals surface area contributed by atoms with E-state index in [0.717, 1.165) is 47.9 Å². The van der Waals surface area contributed by atoms with E-state index >= 15 is 0 Å². The Labute approximate surface area is 397 Å². The molecule has 2 aromatic carbocycles. The number of ether oxygens (including phenoxy) is 5. The van der Waals surface area contributed by atoms with Crippen LogP contribution in [0.15, 0.2) is 30.6 Å². The van der Waals surface area contributed by atoms with Crippen LogP contribution >= 0.6 is 11.6 Å². The number of hydrogen-bond donors (Lipinski definition) is 1. The molecule has 1 aliphatic heterocycles. The van der Waals surface area contributed by atoms with Crippen molar-refractivity contribution in [1.29, 1.82) is 0 Å². The number of aromatic nitrogens is 4. The molecule has 1 saturated heterocycles. The van der Waals surface area contributed by atoms with Crippen LogP contribution in [0.4, 0.5) is 5.82 Å². The Morgan fingerprint density at radius 1 is 0.821 bits per heavy atom. The van der Waals surface area contributed by atoms with Gasteiger partial charge in [-0.15, -0.1) is 0 Å². The molecule has 2 saturated carbocycles. The molecule has 1 spiro atoms. The molecule has 7 rings (SSSR count). The molecule has 2 aliphatic carbocycles. The van der Waals surface area contributed by atoms with Gasteiger partial charge >= 0.3 is 23.9 Å². The summed E-state index contributed by atoms with van der Waals surface area (Å²) in [4.78, 5) is 79.3. The second-order valence-electron chi connectivity index (χ2n) is 20.8. The smallest absolute Gasteiger partial charge is 0.308 e. The van der Waals surface area contributed by atoms with Crippen molar-refractivity contribution < 1.29 is 47.7 Å². The predicted octanol–water partition coefficient (Wildman–Crippen LogP) is 9.73. The third-order valence-corrected chi connectivity index (χ3v) is 14.0. The number of aryl methyl sites for hydroxylation is 4. The Hall–Kier alpha value is -5.41. The van der Waals surface area contributed by atoms with Crippen LogP contribution in [0.1, 0.15) is 152 Å². The maximum atomic E-state index is 14.2. The third-order valence-electron chi connectivity index (χ3n) is 13.8. The summed E-state index contributed by atoms with van der Waals surface area (Å²) in [5.41, 5.74) is 2.70. The van der Waals surface area contributed by atoms with Crippen LogP contribution in [0, 0.1) is 39.0 Å². The quantitative estimate of drug-likeness (QED) is 0.0716. The van der Waals surface area contributed by atoms with Gasteiger partial charge in [0.15, 0.2) is 17.0 Å². The lowest BCUT2D eigenvalue weighted by Crippen LogP contribution is -2.44. The van der Waals surface area contributed by atoms with Gasteiger partial charge in [0, 0.05) is 48.1 Å². The number of amides is 1. The zero-order valence-corrected chi connectivity index (χ0v) is 41.4. The summed E-state index contributed by atoms with van der Waals surface area (Å²) in [6.07, 6.45) is 7.30. The number of rotatable bonds is 14. The van der Waals surface area contributed by atoms with Crippen LogP contribution in [0.3, 0.4) is 0 Å². The summed E-state index contributed by atoms with van der Waals surface area (Å²) in [5.74, 6) is -1.40. The highest BCUT2D eigenvalue weighted by molar-refractivity contribution is 6.28. The lowest BCUT2D eigenvalue weighted by atomic mass is 9.55. The van der Waals surface area contributed by atoms with Crippen molar-refractivity contribution in [1.82, 2.24) is 19.5 Å². The summed E-state index contributed by atoms with van der Waals surface area (Å²) in [6.45, 7) is 19.2. The largest absolute Gasteiger partial charge is 0.462 e. The SMILES string of the molecule is CC(=O)Oc1cc(C)cc(C)c1C(C)(C)CC(=O)OC[C@@]1(C)O[C@@H](n2cnc3c(NC(=O)C4CC5(CCCCC5)C4)nc(Cl)nc32)C[C@@H]1OC(=O)CC(C)(C)c1c(C)cc(C)cc1OC(C)=O. The topological polar surface area (TPSA) is 187 Å². The number of carbonyl (C=O) groups is 5. The summed E-state index contributed by atoms with van der Waals surface area (Å²) in [7, 11) is 0. The highest BCUT2D eigenvalue weighted by Gasteiger charge is 2.51. The van der Waals surface area contributed by atoms with Gasteiger partial charge in [0.05, 0.1) is 19.2 Å². The molecule has 0 unspecified atom stereocenters. The first-order chi connectivity index (χ1) is 31.4. The number of fused-ring (bicyclic) bond motifs is 1. The molecule has 16 heteroatoms. The summed E-state index contributed by atoms with van der Waals surface area (Å²) in [5, 5.41) is 2.87. The average molecular weight is 943 g/mol. The van der Waals surface area contributed by atoms with E-state index in [1.54, 1.807) is 23.6 Å². The Morgan fingerprint density at radius 3 is 1.93 bits per heavy atom. The van der Waals surface area contributed by atoms with Crippen LogP contribution in [0.2, 0.25) is 5.28 Å². The van der Waals surface area contributed by atoms with Gasteiger partial charge in [-0.2, -0.15) is 9.97 Å². The number of halogens is 1. The molecule has 3 atom stereocenters. The van der Waals surface area contributed by atoms with E-state index in [9.17, 15) is 24.0 Å². The maximum Gasteiger partial charge on any atom is 0.308 e. The highest BCUT2D eigenvalue weighted by atomic mass is 35.5. The molecule has 0 bridgehead atoms. The van der Waals surface area contributed by atoms with Crippen molar-refractivity contribution in [3.63, 3.8) is 0 Å². The molecule has 2 aromatic heterocycles. The third kappa shape index (κ3) is 10.8. The molecule has 3 heterocycles. The lowest BCUT2D eigenvalue weighted by Gasteiger charge is -2.49. The van der Waals surface area contributed by atoms with Gasteiger partial charge in [-0.1, -0.05) is 59.1 Å². The van der Waals surface area contributed by atoms with E-state index in [1.807, 2.05) is 67.5 Å². The molecule has 3 aliphatic rings. The van der Waals surface area contributed by atoms with Crippen LogP contribution in [-0.2, 0) is 49.0 Å². The number of nitrogens with zero attached hydrogens (tertiary/aromatic N) is 4. The summed E-state index contributed by atoms with van der Waals surface area (Å²) >= 11 is 6.51. The fourth-order valence-electron chi connectivity index (χ4n) is 11.1. The van der Waals surface area contributed by atoms with Gasteiger partial charge in [-0.05, 0) is 112 Å². The number of nitrogens with one attached hydrogen (secondary N) is 1. The van der Waals surface area contributed by atoms with Crippen molar-refractivity contribution in [2.75, 3.05) is 11.9 Å². The van der Waals surface area contributed by atoms with E-state index in [-0.39, 0.29) is 59.9 Å². The first kappa shape index (κ1) is 49.5. The van der Waals surface area contributed by atoms with Crippen LogP contribution < -0.4 is 14.8 Å². The van der Waals surface area contributed by atoms with Crippen molar-refractivity contribution in [2.45, 2.75) is 169 Å². The first-order valence-corrected chi connectivity index (χ1v) is 23.6. The molecule has 0 radical (unpaired) electrons. The number of benzene rings is 2. The van der Waals surface area contributed by atoms with Gasteiger partial charge in [0.2, 0.25) is 11.2 Å². The zero-order valence-electron chi connectivity index (χ0n) is 40.6. The molecule has 4 aromatic rings. The van der Waals surface area contributed by atoms with E-state index in [4.69, 9.17) is 35.3 Å². The highest BCUT2D eigenvalue weighted by Crippen LogP contribution is 2.55. The minimum atomic E-state index is -1.39. The van der Waals surface area contributed by atoms with E-state index in [1.165, 1.54) is 39.4 Å². The van der Waals surface area contributed by atoms with Crippen molar-refractivity contribution in [3.8, 4) is 11.5 Å². The van der Waals surface area contributed by atoms with Gasteiger partial charge in [0.25, 0.3) is 0 Å². The molecule has 3 fully saturated rings. The molecule has 1 amide bonds. The molecule has 360 valence electrons. The maximum absolute atomic E-state index is 14.2. The number of imidazole rings is 1. The van der Waals surface area contributed by atoms with Crippen molar-refractivity contribution in [3.05, 3.63) is 69.3 Å². The minimum Gasteiger partial charge on any atom is -0.462 e. The predicted molar refractivity (Wildman–Crippen MR) is 251 cm³/mol. The lowest BCUT2D eigenvalue weighted by molar-refractivity contribution is -0.175. The zero-order chi connectivity index (χ0) is 48.8. The van der Waals surface area contributed by atoms with Crippen LogP contribution in [0.25, 0.3) is 11.2 Å². The number of esters is 4. The van der Waals surface area contributed by atoms with E-state index in [2.05, 4.69) is 20.3 Å². The van der Waals surface area contributed by atoms with Crippen molar-refractivity contribution in [2.24, 2.45) is 11.3 Å². The van der Waals surface area contributed by atoms with Gasteiger partial charge < -0.3 is 29.0 Å². The second kappa shape index (κ2) is 18.9. The number of carbonyl (C=O) groups excluding carboxylic acids is 5. The Morgan fingerprint density at radius 2 is 1.37 bits per heavy atom. The molecule has 15 nitrogen and oxygen atoms in total. The summed E-state index contributed by atoms with van der Waals surface area (Å²) < 4.78 is 32.0. The standard InChI is InChI=1S/C51H64ClN5O10/c1-28-17-30(3)41(35(19-28)64-32(5)58)48(7,8)24-39(60)63-26-50(11)37(66-40(61)25-49(9,10)42-31(4)18-29(2)20-36(42)65-33(6)59)21-38(67-50)57-27-53-43-44(55-47(52)56-45(43)57)54-46(62)34-22-51(23-34)15-13-12-14-16-51/h17-20,27,34,37-38H,12-16,21-26H2,1-11H3,(H,54,55,56,62)/t37-,38+,50+/m0/s1. The fraction of sp³-hybridized carbons (Fsp3) is 0.569. The average Bonchev–Trinajstić information content (AvgIpc) is 3.75. The second-order valence-corrected chi connectivity index (χ2v) is 21.1. The van der Waals surface area contributed by atoms with Gasteiger partial charge in [-0.25, -0.2) is 4.98 Å². The molecular formula is C51H64ClN5O10. The minimum absolute atomic E-state index is 0.0815. The van der Waals surface area contributed by atoms with Crippen LogP contribution in [-0.4, -0.2) is 67.6 Å². The first-order valence-electron chi connectivity index (χ1n) is 23.2. The van der Waals surface area contributed by atoms with Gasteiger partial charge in [0.1, 0.15) is 36.0 Å². The van der Waals surface area contributed by atoms with E-state index in [0.29, 0.717) is 28.1 Å². The Bertz CT molecular complexity index is 2610. The Balaban J connectivity index is 1.14. The fourth-order valence-corrected chi connectivity index (χ4v) is 11.2. The van der Waals surface area contributed by atoms with E-state index < -0.39 is 52.6 Å². The molecule has 67 heavy (non-hydrogen) atoms. The summed E-state index contributed by atoms with van der Waals surface area (Å²) in [6, 6.07) is 7.49. The van der Waals surface area contributed by atoms with Gasteiger partial charge in [-0.3, -0.25) is 28.5 Å². The van der Waals surface area contributed by atoms with Crippen LogP contribution in [0.5, 0.6) is 11.5 Å². The number of anilines is 1. The molecule has 1 N–H and O–H groups in total. The number of hydrogen-bond acceptors (Lipinski definition) is 13. The molecular weight excluding hydrogens is 878 g/mol.